The maximum absolute atomic E-state index is 12.9. The Bertz CT molecular complexity index is 1580. The quantitative estimate of drug-likeness (QED) is 0.0261. The molecule has 0 N–H and O–H groups in total. The number of hydrogen-bond donors (Lipinski definition) is 0. The van der Waals surface area contributed by atoms with Crippen LogP contribution in [0.15, 0.2) is 97.2 Å². The van der Waals surface area contributed by atoms with Gasteiger partial charge in [-0.3, -0.25) is 14.4 Å². The summed E-state index contributed by atoms with van der Waals surface area (Å²) in [5.74, 6) is -0.885. The topological polar surface area (TPSA) is 78.9 Å². The van der Waals surface area contributed by atoms with Gasteiger partial charge in [-0.05, 0) is 103 Å². The van der Waals surface area contributed by atoms with Crippen molar-refractivity contribution in [2.24, 2.45) is 0 Å². The molecule has 0 heterocycles. The molecule has 0 spiro atoms. The summed E-state index contributed by atoms with van der Waals surface area (Å²) in [6, 6.07) is 0. The van der Waals surface area contributed by atoms with E-state index in [9.17, 15) is 14.4 Å². The second kappa shape index (κ2) is 68.8. The van der Waals surface area contributed by atoms with Gasteiger partial charge < -0.3 is 14.2 Å². The summed E-state index contributed by atoms with van der Waals surface area (Å²) in [5, 5.41) is 0. The Labute approximate surface area is 502 Å². The molecule has 0 aliphatic carbocycles. The summed E-state index contributed by atoms with van der Waals surface area (Å²) in [6.07, 6.45) is 92.8. The molecule has 0 aliphatic heterocycles. The molecule has 6 nitrogen and oxygen atoms in total. The normalized spacial score (nSPS) is 12.7. The zero-order valence-electron chi connectivity index (χ0n) is 53.5. The summed E-state index contributed by atoms with van der Waals surface area (Å²) < 4.78 is 17.0. The van der Waals surface area contributed by atoms with E-state index in [0.29, 0.717) is 19.3 Å². The van der Waals surface area contributed by atoms with E-state index >= 15 is 0 Å². The van der Waals surface area contributed by atoms with Crippen molar-refractivity contribution < 1.29 is 28.6 Å². The first-order valence-corrected chi connectivity index (χ1v) is 34.7. The van der Waals surface area contributed by atoms with Crippen molar-refractivity contribution >= 4 is 17.9 Å². The van der Waals surface area contributed by atoms with Crippen LogP contribution in [0.25, 0.3) is 0 Å². The van der Waals surface area contributed by atoms with Gasteiger partial charge in [0.2, 0.25) is 0 Å². The third-order valence-electron chi connectivity index (χ3n) is 15.1. The van der Waals surface area contributed by atoms with E-state index in [1.54, 1.807) is 0 Å². The van der Waals surface area contributed by atoms with Gasteiger partial charge in [0.05, 0.1) is 0 Å². The number of carbonyl (C=O) groups is 3. The van der Waals surface area contributed by atoms with Crippen LogP contribution in [0.4, 0.5) is 0 Å². The van der Waals surface area contributed by atoms with E-state index in [2.05, 4.69) is 118 Å². The van der Waals surface area contributed by atoms with Gasteiger partial charge in [0.15, 0.2) is 6.10 Å². The number of unbranched alkanes of at least 4 members (excludes halogenated alkanes) is 36. The molecule has 0 saturated heterocycles. The average molecular weight is 1130 g/mol. The molecule has 0 rings (SSSR count). The molecule has 0 amide bonds. The molecule has 466 valence electrons. The minimum Gasteiger partial charge on any atom is -0.462 e. The van der Waals surface area contributed by atoms with Crippen molar-refractivity contribution in [2.75, 3.05) is 13.2 Å². The van der Waals surface area contributed by atoms with Crippen LogP contribution >= 0.6 is 0 Å². The highest BCUT2D eigenvalue weighted by Gasteiger charge is 2.19. The lowest BCUT2D eigenvalue weighted by atomic mass is 10.0. The van der Waals surface area contributed by atoms with Crippen molar-refractivity contribution in [1.29, 1.82) is 0 Å². The SMILES string of the molecule is CC/C=C\C/C=C\C/C=C\C/C=C\C/C=C\C/C=C\C/C=C\CCCCCCCCCC(=O)OCC(COC(=O)CCCCCCC/C=C\CCCCCC)OC(=O)CCCCCCCCCCCCCCCCCCCCCCC. The third kappa shape index (κ3) is 67.0. The van der Waals surface area contributed by atoms with Crippen molar-refractivity contribution in [3.63, 3.8) is 0 Å². The lowest BCUT2D eigenvalue weighted by Crippen LogP contribution is -2.30. The molecule has 1 unspecified atom stereocenters. The van der Waals surface area contributed by atoms with Crippen LogP contribution in [0.2, 0.25) is 0 Å². The highest BCUT2D eigenvalue weighted by atomic mass is 16.6. The van der Waals surface area contributed by atoms with E-state index < -0.39 is 6.10 Å². The molecular weight excluding hydrogens is 997 g/mol. The number of rotatable bonds is 63. The Morgan fingerprint density at radius 1 is 0.259 bits per heavy atom. The van der Waals surface area contributed by atoms with Crippen LogP contribution in [0, 0.1) is 0 Å². The first kappa shape index (κ1) is 77.3. The minimum atomic E-state index is -0.786. The molecule has 0 aromatic carbocycles. The van der Waals surface area contributed by atoms with Crippen LogP contribution in [0.1, 0.15) is 342 Å². The molecule has 0 saturated carbocycles. The summed E-state index contributed by atoms with van der Waals surface area (Å²) in [5.41, 5.74) is 0. The number of allylic oxidation sites excluding steroid dienone is 16. The van der Waals surface area contributed by atoms with Crippen molar-refractivity contribution in [3.05, 3.63) is 97.2 Å². The minimum absolute atomic E-state index is 0.0821. The van der Waals surface area contributed by atoms with Gasteiger partial charge in [-0.15, -0.1) is 0 Å². The Kier molecular flexibility index (Phi) is 65.7. The van der Waals surface area contributed by atoms with Gasteiger partial charge in [-0.25, -0.2) is 0 Å². The van der Waals surface area contributed by atoms with Crippen molar-refractivity contribution in [3.8, 4) is 0 Å². The molecular formula is C75H130O6. The first-order chi connectivity index (χ1) is 40.0. The molecule has 0 bridgehead atoms. The third-order valence-corrected chi connectivity index (χ3v) is 15.1. The Morgan fingerprint density at radius 2 is 0.481 bits per heavy atom. The standard InChI is InChI=1S/C75H130O6/c1-4-7-10-13-16-19-22-25-27-29-31-33-34-35-36-37-38-39-40-42-43-45-47-50-53-56-59-62-65-68-74(77)80-71-72(70-79-73(76)67-64-61-58-55-52-49-24-21-18-15-12-9-6-3)81-75(78)69-66-63-60-57-54-51-48-46-44-41-32-30-28-26-23-20-17-14-11-8-5-2/h7,10,16,19,21,24-25,27,31,33,35-36,38-39,42-43,72H,4-6,8-9,11-15,17-18,20,22-23,26,28-30,32,34,37,40-41,44-71H2,1-3H3/b10-7-,19-16-,24-21-,27-25-,33-31-,36-35-,39-38-,43-42-. The van der Waals surface area contributed by atoms with Crippen LogP contribution in [0.5, 0.6) is 0 Å². The molecule has 6 heteroatoms. The molecule has 0 radical (unpaired) electrons. The van der Waals surface area contributed by atoms with Gasteiger partial charge in [-0.1, -0.05) is 317 Å². The molecule has 0 aromatic rings. The monoisotopic (exact) mass is 1130 g/mol. The van der Waals surface area contributed by atoms with E-state index in [-0.39, 0.29) is 31.1 Å². The number of carbonyl (C=O) groups excluding carboxylic acids is 3. The molecule has 0 aliphatic rings. The fourth-order valence-electron chi connectivity index (χ4n) is 9.89. The van der Waals surface area contributed by atoms with Crippen LogP contribution in [0.3, 0.4) is 0 Å². The Morgan fingerprint density at radius 3 is 0.778 bits per heavy atom. The van der Waals surface area contributed by atoms with Crippen LogP contribution in [-0.2, 0) is 28.6 Å². The second-order valence-corrected chi connectivity index (χ2v) is 23.1. The van der Waals surface area contributed by atoms with Gasteiger partial charge in [0.1, 0.15) is 13.2 Å². The van der Waals surface area contributed by atoms with Crippen LogP contribution in [-0.4, -0.2) is 37.2 Å². The zero-order valence-corrected chi connectivity index (χ0v) is 53.5. The smallest absolute Gasteiger partial charge is 0.306 e. The predicted octanol–water partition coefficient (Wildman–Crippen LogP) is 24.0. The van der Waals surface area contributed by atoms with Gasteiger partial charge in [0, 0.05) is 19.3 Å². The highest BCUT2D eigenvalue weighted by Crippen LogP contribution is 2.17. The second-order valence-electron chi connectivity index (χ2n) is 23.1. The van der Waals surface area contributed by atoms with E-state index in [1.165, 1.54) is 186 Å². The van der Waals surface area contributed by atoms with Crippen LogP contribution < -0.4 is 0 Å². The van der Waals surface area contributed by atoms with Gasteiger partial charge in [0.25, 0.3) is 0 Å². The largest absolute Gasteiger partial charge is 0.462 e. The maximum atomic E-state index is 12.9. The Hall–Kier alpha value is -3.67. The van der Waals surface area contributed by atoms with E-state index in [4.69, 9.17) is 14.2 Å². The average Bonchev–Trinajstić information content (AvgIpc) is 3.46. The fourth-order valence-corrected chi connectivity index (χ4v) is 9.89. The molecule has 0 aromatic heterocycles. The zero-order chi connectivity index (χ0) is 58.5. The maximum Gasteiger partial charge on any atom is 0.306 e. The summed E-state index contributed by atoms with van der Waals surface area (Å²) in [4.78, 5) is 38.4. The summed E-state index contributed by atoms with van der Waals surface area (Å²) in [7, 11) is 0. The molecule has 81 heavy (non-hydrogen) atoms. The Balaban J connectivity index is 4.31. The van der Waals surface area contributed by atoms with Gasteiger partial charge >= 0.3 is 17.9 Å². The van der Waals surface area contributed by atoms with Gasteiger partial charge in [-0.2, -0.15) is 0 Å². The van der Waals surface area contributed by atoms with E-state index in [1.807, 2.05) is 0 Å². The fraction of sp³-hybridized carbons (Fsp3) is 0.747. The number of ether oxygens (including phenoxy) is 3. The highest BCUT2D eigenvalue weighted by molar-refractivity contribution is 5.71. The predicted molar refractivity (Wildman–Crippen MR) is 353 cm³/mol. The number of hydrogen-bond acceptors (Lipinski definition) is 6. The lowest BCUT2D eigenvalue weighted by molar-refractivity contribution is -0.167. The lowest BCUT2D eigenvalue weighted by Gasteiger charge is -2.18. The molecule has 0 fully saturated rings. The summed E-state index contributed by atoms with van der Waals surface area (Å²) >= 11 is 0. The summed E-state index contributed by atoms with van der Waals surface area (Å²) in [6.45, 7) is 6.54. The first-order valence-electron chi connectivity index (χ1n) is 34.7. The van der Waals surface area contributed by atoms with Crippen molar-refractivity contribution in [2.45, 2.75) is 348 Å². The van der Waals surface area contributed by atoms with Crippen molar-refractivity contribution in [1.82, 2.24) is 0 Å². The molecule has 1 atom stereocenters. The number of esters is 3. The van der Waals surface area contributed by atoms with E-state index in [0.717, 1.165) is 116 Å².